The predicted molar refractivity (Wildman–Crippen MR) is 63.7 cm³/mol. The Morgan fingerprint density at radius 2 is 2.13 bits per heavy atom. The Balaban J connectivity index is 1.96. The van der Waals surface area contributed by atoms with E-state index in [1.165, 1.54) is 11.3 Å². The lowest BCUT2D eigenvalue weighted by atomic mass is 10.5. The van der Waals surface area contributed by atoms with Crippen molar-refractivity contribution >= 4 is 46.3 Å². The molecule has 0 bridgehead atoms. The van der Waals surface area contributed by atoms with Crippen molar-refractivity contribution in [1.29, 1.82) is 0 Å². The zero-order chi connectivity index (χ0) is 10.7. The van der Waals surface area contributed by atoms with Crippen molar-refractivity contribution in [2.24, 2.45) is 0 Å². The maximum Gasteiger partial charge on any atom is 0.207 e. The van der Waals surface area contributed by atoms with E-state index in [9.17, 15) is 0 Å². The minimum Gasteiger partial charge on any atom is -0.248 e. The van der Waals surface area contributed by atoms with E-state index in [2.05, 4.69) is 15.2 Å². The van der Waals surface area contributed by atoms with Crippen molar-refractivity contribution in [2.45, 2.75) is 10.8 Å². The summed E-state index contributed by atoms with van der Waals surface area (Å²) in [6, 6.07) is 3.68. The molecule has 0 N–H and O–H groups in total. The zero-order valence-electron chi connectivity index (χ0n) is 7.35. The van der Waals surface area contributed by atoms with Crippen molar-refractivity contribution in [2.75, 3.05) is 0 Å². The van der Waals surface area contributed by atoms with Crippen LogP contribution >= 0.6 is 46.3 Å². The van der Waals surface area contributed by atoms with E-state index >= 15 is 0 Å². The number of halogens is 2. The molecule has 2 aromatic heterocycles. The van der Waals surface area contributed by atoms with Gasteiger partial charge in [0.25, 0.3) is 0 Å². The van der Waals surface area contributed by atoms with Crippen molar-refractivity contribution in [1.82, 2.24) is 15.2 Å². The molecule has 0 spiro atoms. The van der Waals surface area contributed by atoms with E-state index in [0.29, 0.717) is 9.49 Å². The van der Waals surface area contributed by atoms with Gasteiger partial charge in [-0.3, -0.25) is 0 Å². The fraction of sp³-hybridized carbons (Fsp3) is 0.125. The lowest BCUT2D eigenvalue weighted by Gasteiger charge is -1.96. The van der Waals surface area contributed by atoms with E-state index in [0.717, 1.165) is 15.8 Å². The van der Waals surface area contributed by atoms with Gasteiger partial charge in [-0.1, -0.05) is 34.7 Å². The Morgan fingerprint density at radius 1 is 1.27 bits per heavy atom. The largest absolute Gasteiger partial charge is 0.248 e. The third kappa shape index (κ3) is 3.31. The third-order valence-corrected chi connectivity index (χ3v) is 3.87. The molecule has 0 aliphatic carbocycles. The first-order valence-corrected chi connectivity index (χ1v) is 6.52. The van der Waals surface area contributed by atoms with Crippen molar-refractivity contribution in [3.63, 3.8) is 0 Å². The summed E-state index contributed by atoms with van der Waals surface area (Å²) in [6.45, 7) is 0. The van der Waals surface area contributed by atoms with Crippen LogP contribution in [-0.4, -0.2) is 15.2 Å². The van der Waals surface area contributed by atoms with Gasteiger partial charge in [-0.15, -0.1) is 10.2 Å². The first-order chi connectivity index (χ1) is 7.24. The predicted octanol–water partition coefficient (Wildman–Crippen LogP) is 3.53. The van der Waals surface area contributed by atoms with Crippen LogP contribution in [0.4, 0.5) is 0 Å². The molecule has 0 unspecified atom stereocenters. The number of thioether (sulfide) groups is 1. The summed E-state index contributed by atoms with van der Waals surface area (Å²) in [6.07, 6.45) is 1.62. The summed E-state index contributed by atoms with van der Waals surface area (Å²) in [5, 5.41) is 10.1. The van der Waals surface area contributed by atoms with Gasteiger partial charge in [0, 0.05) is 6.20 Å². The van der Waals surface area contributed by atoms with Crippen molar-refractivity contribution in [3.05, 3.63) is 32.8 Å². The van der Waals surface area contributed by atoms with Crippen molar-refractivity contribution in [3.8, 4) is 0 Å². The minimum absolute atomic E-state index is 0.467. The molecule has 0 fully saturated rings. The van der Waals surface area contributed by atoms with Crippen molar-refractivity contribution < 1.29 is 0 Å². The fourth-order valence-corrected chi connectivity index (χ4v) is 2.68. The molecule has 0 atom stereocenters. The Labute approximate surface area is 105 Å². The summed E-state index contributed by atoms with van der Waals surface area (Å²) in [4.78, 5) is 4.15. The molecule has 0 saturated heterocycles. The highest BCUT2D eigenvalue weighted by Gasteiger charge is 2.03. The van der Waals surface area contributed by atoms with Crippen LogP contribution < -0.4 is 0 Å². The molecule has 3 nitrogen and oxygen atoms in total. The molecule has 2 heterocycles. The number of hydrogen-bond acceptors (Lipinski definition) is 5. The normalized spacial score (nSPS) is 10.5. The first kappa shape index (κ1) is 11.1. The van der Waals surface area contributed by atoms with E-state index < -0.39 is 0 Å². The third-order valence-electron chi connectivity index (χ3n) is 1.49. The molecule has 0 aliphatic heterocycles. The lowest BCUT2D eigenvalue weighted by molar-refractivity contribution is 1.04. The average molecular weight is 278 g/mol. The van der Waals surface area contributed by atoms with E-state index in [-0.39, 0.29) is 0 Å². The molecule has 7 heteroatoms. The number of hydrogen-bond donors (Lipinski definition) is 0. The van der Waals surface area contributed by atoms with Gasteiger partial charge in [-0.05, 0) is 23.7 Å². The monoisotopic (exact) mass is 277 g/mol. The van der Waals surface area contributed by atoms with Gasteiger partial charge in [-0.2, -0.15) is 0 Å². The standard InChI is InChI=1S/C8H5Cl2N3S2/c9-5-1-2-6(11-3-5)14-4-7-12-13-8(10)15-7/h1-3H,4H2. The molecular formula is C8H5Cl2N3S2. The van der Waals surface area contributed by atoms with Crippen LogP contribution in [-0.2, 0) is 5.75 Å². The minimum atomic E-state index is 0.467. The lowest BCUT2D eigenvalue weighted by Crippen LogP contribution is -1.82. The zero-order valence-corrected chi connectivity index (χ0v) is 10.5. The Hall–Kier alpha value is -0.360. The summed E-state index contributed by atoms with van der Waals surface area (Å²) < 4.78 is 0.467. The molecular weight excluding hydrogens is 273 g/mol. The van der Waals surface area contributed by atoms with Gasteiger partial charge in [0.15, 0.2) is 0 Å². The fourth-order valence-electron chi connectivity index (χ4n) is 0.875. The van der Waals surface area contributed by atoms with Gasteiger partial charge in [-0.25, -0.2) is 4.98 Å². The molecule has 0 aromatic carbocycles. The van der Waals surface area contributed by atoms with Gasteiger partial charge < -0.3 is 0 Å². The SMILES string of the molecule is Clc1ccc(SCc2nnc(Cl)s2)nc1. The second-order valence-electron chi connectivity index (χ2n) is 2.55. The quantitative estimate of drug-likeness (QED) is 0.805. The first-order valence-electron chi connectivity index (χ1n) is 3.96. The topological polar surface area (TPSA) is 38.7 Å². The highest BCUT2D eigenvalue weighted by atomic mass is 35.5. The summed E-state index contributed by atoms with van der Waals surface area (Å²) >= 11 is 14.3. The Kier molecular flexibility index (Phi) is 3.80. The summed E-state index contributed by atoms with van der Waals surface area (Å²) in [5.41, 5.74) is 0. The Morgan fingerprint density at radius 3 is 2.73 bits per heavy atom. The maximum atomic E-state index is 5.72. The average Bonchev–Trinajstić information content (AvgIpc) is 2.64. The number of aromatic nitrogens is 3. The van der Waals surface area contributed by atoms with Gasteiger partial charge in [0.05, 0.1) is 15.8 Å². The van der Waals surface area contributed by atoms with Crippen LogP contribution in [0.2, 0.25) is 9.49 Å². The molecule has 0 amide bonds. The number of nitrogens with zero attached hydrogens (tertiary/aromatic N) is 3. The van der Waals surface area contributed by atoms with Crippen LogP contribution in [0.3, 0.4) is 0 Å². The molecule has 2 aromatic rings. The molecule has 0 aliphatic rings. The van der Waals surface area contributed by atoms with E-state index in [4.69, 9.17) is 23.2 Å². The van der Waals surface area contributed by atoms with E-state index in [1.807, 2.05) is 12.1 Å². The van der Waals surface area contributed by atoms with Crippen LogP contribution in [0.15, 0.2) is 23.4 Å². The number of rotatable bonds is 3. The summed E-state index contributed by atoms with van der Waals surface area (Å²) in [5.74, 6) is 0.721. The molecule has 0 saturated carbocycles. The second-order valence-corrected chi connectivity index (χ2v) is 5.63. The van der Waals surface area contributed by atoms with E-state index in [1.54, 1.807) is 18.0 Å². The van der Waals surface area contributed by atoms with Gasteiger partial charge in [0.2, 0.25) is 4.47 Å². The maximum absolute atomic E-state index is 5.72. The smallest absolute Gasteiger partial charge is 0.207 e. The molecule has 2 rings (SSSR count). The molecule has 15 heavy (non-hydrogen) atoms. The van der Waals surface area contributed by atoms with Crippen LogP contribution in [0.1, 0.15) is 5.01 Å². The number of pyridine rings is 1. The molecule has 78 valence electrons. The Bertz CT molecular complexity index is 443. The van der Waals surface area contributed by atoms with Crippen LogP contribution in [0, 0.1) is 0 Å². The molecule has 0 radical (unpaired) electrons. The van der Waals surface area contributed by atoms with Gasteiger partial charge >= 0.3 is 0 Å². The van der Waals surface area contributed by atoms with Gasteiger partial charge in [0.1, 0.15) is 5.01 Å². The summed E-state index contributed by atoms with van der Waals surface area (Å²) in [7, 11) is 0. The highest BCUT2D eigenvalue weighted by Crippen LogP contribution is 2.24. The van der Waals surface area contributed by atoms with Crippen LogP contribution in [0.5, 0.6) is 0 Å². The highest BCUT2D eigenvalue weighted by molar-refractivity contribution is 7.98. The van der Waals surface area contributed by atoms with Crippen LogP contribution in [0.25, 0.3) is 0 Å². The second kappa shape index (κ2) is 5.12.